The molecule has 0 aliphatic rings. The molecule has 0 bridgehead atoms. The Bertz CT molecular complexity index is 742. The number of thioether (sulfide) groups is 1. The topological polar surface area (TPSA) is 43.6 Å². The maximum Gasteiger partial charge on any atom is 0.191 e. The molecule has 0 fully saturated rings. The van der Waals surface area contributed by atoms with Gasteiger partial charge in [-0.2, -0.15) is 0 Å². The third-order valence-corrected chi connectivity index (χ3v) is 4.91. The van der Waals surface area contributed by atoms with Crippen LogP contribution in [0.15, 0.2) is 58.4 Å². The zero-order chi connectivity index (χ0) is 14.7. The monoisotopic (exact) mass is 360 g/mol. The van der Waals surface area contributed by atoms with E-state index in [2.05, 4.69) is 37.2 Å². The lowest BCUT2D eigenvalue weighted by atomic mass is 10.2. The summed E-state index contributed by atoms with van der Waals surface area (Å²) in [5, 5.41) is 9.42. The van der Waals surface area contributed by atoms with Crippen LogP contribution in [-0.2, 0) is 12.8 Å². The molecular formula is C15H13BrN4S. The van der Waals surface area contributed by atoms with Crippen molar-refractivity contribution < 1.29 is 0 Å². The molecule has 106 valence electrons. The average Bonchev–Trinajstić information content (AvgIpc) is 2.88. The van der Waals surface area contributed by atoms with Crippen molar-refractivity contribution in [1.82, 2.24) is 19.7 Å². The summed E-state index contributed by atoms with van der Waals surface area (Å²) in [5.74, 6) is 1.68. The van der Waals surface area contributed by atoms with Crippen molar-refractivity contribution in [1.29, 1.82) is 0 Å². The van der Waals surface area contributed by atoms with Gasteiger partial charge in [0.25, 0.3) is 0 Å². The van der Waals surface area contributed by atoms with Crippen LogP contribution in [0.25, 0.3) is 11.4 Å². The first kappa shape index (κ1) is 14.3. The molecule has 0 saturated carbocycles. The highest BCUT2D eigenvalue weighted by atomic mass is 79.9. The van der Waals surface area contributed by atoms with E-state index in [1.54, 1.807) is 24.2 Å². The van der Waals surface area contributed by atoms with Gasteiger partial charge in [-0.25, -0.2) is 0 Å². The van der Waals surface area contributed by atoms with Gasteiger partial charge in [0, 0.05) is 35.2 Å². The molecule has 21 heavy (non-hydrogen) atoms. The van der Waals surface area contributed by atoms with Gasteiger partial charge in [0.15, 0.2) is 11.0 Å². The van der Waals surface area contributed by atoms with Gasteiger partial charge < -0.3 is 4.57 Å². The van der Waals surface area contributed by atoms with E-state index in [0.717, 1.165) is 26.8 Å². The van der Waals surface area contributed by atoms with Crippen LogP contribution in [0.2, 0.25) is 0 Å². The smallest absolute Gasteiger partial charge is 0.191 e. The van der Waals surface area contributed by atoms with Gasteiger partial charge in [0.05, 0.1) is 0 Å². The molecule has 1 aromatic carbocycles. The van der Waals surface area contributed by atoms with E-state index >= 15 is 0 Å². The van der Waals surface area contributed by atoms with E-state index < -0.39 is 0 Å². The number of hydrogen-bond acceptors (Lipinski definition) is 4. The Morgan fingerprint density at radius 2 is 2.00 bits per heavy atom. The molecule has 3 aromatic rings. The summed E-state index contributed by atoms with van der Waals surface area (Å²) in [4.78, 5) is 4.12. The Kier molecular flexibility index (Phi) is 4.36. The van der Waals surface area contributed by atoms with Gasteiger partial charge in [0.2, 0.25) is 0 Å². The SMILES string of the molecule is Cn1c(SCc2ccccc2Br)nnc1-c1cccnc1. The lowest BCUT2D eigenvalue weighted by Crippen LogP contribution is -1.95. The lowest BCUT2D eigenvalue weighted by molar-refractivity contribution is 0.793. The van der Waals surface area contributed by atoms with Crippen molar-refractivity contribution >= 4 is 27.7 Å². The number of nitrogens with zero attached hydrogens (tertiary/aromatic N) is 4. The van der Waals surface area contributed by atoms with Crippen molar-refractivity contribution in [2.24, 2.45) is 7.05 Å². The van der Waals surface area contributed by atoms with Crippen LogP contribution in [0.5, 0.6) is 0 Å². The Balaban J connectivity index is 1.79. The van der Waals surface area contributed by atoms with Gasteiger partial charge in [0.1, 0.15) is 0 Å². The quantitative estimate of drug-likeness (QED) is 0.661. The van der Waals surface area contributed by atoms with Crippen LogP contribution >= 0.6 is 27.7 Å². The van der Waals surface area contributed by atoms with Gasteiger partial charge in [-0.15, -0.1) is 10.2 Å². The largest absolute Gasteiger partial charge is 0.305 e. The van der Waals surface area contributed by atoms with Crippen molar-refractivity contribution in [3.05, 3.63) is 58.8 Å². The molecule has 2 aromatic heterocycles. The van der Waals surface area contributed by atoms with Gasteiger partial charge in [-0.3, -0.25) is 4.98 Å². The summed E-state index contributed by atoms with van der Waals surface area (Å²) >= 11 is 5.23. The molecule has 0 aliphatic carbocycles. The highest BCUT2D eigenvalue weighted by molar-refractivity contribution is 9.10. The van der Waals surface area contributed by atoms with E-state index in [1.807, 2.05) is 41.9 Å². The summed E-state index contributed by atoms with van der Waals surface area (Å²) < 4.78 is 3.12. The van der Waals surface area contributed by atoms with Crippen LogP contribution < -0.4 is 0 Å². The molecule has 0 saturated heterocycles. The normalized spacial score (nSPS) is 10.8. The van der Waals surface area contributed by atoms with Crippen LogP contribution in [0.4, 0.5) is 0 Å². The number of rotatable bonds is 4. The van der Waals surface area contributed by atoms with Crippen LogP contribution in [0, 0.1) is 0 Å². The van der Waals surface area contributed by atoms with E-state index in [-0.39, 0.29) is 0 Å². The summed E-state index contributed by atoms with van der Waals surface area (Å²) in [6, 6.07) is 12.1. The number of aromatic nitrogens is 4. The third-order valence-electron chi connectivity index (χ3n) is 3.07. The Hall–Kier alpha value is -1.66. The van der Waals surface area contributed by atoms with Gasteiger partial charge in [-0.1, -0.05) is 45.9 Å². The average molecular weight is 361 g/mol. The highest BCUT2D eigenvalue weighted by Crippen LogP contribution is 2.27. The van der Waals surface area contributed by atoms with Crippen molar-refractivity contribution in [3.63, 3.8) is 0 Å². The molecule has 6 heteroatoms. The summed E-state index contributed by atoms with van der Waals surface area (Å²) in [5.41, 5.74) is 2.22. The number of halogens is 1. The minimum Gasteiger partial charge on any atom is -0.305 e. The summed E-state index contributed by atoms with van der Waals surface area (Å²) in [7, 11) is 1.98. The molecule has 2 heterocycles. The predicted octanol–water partition coefficient (Wildman–Crippen LogP) is 3.93. The fourth-order valence-corrected chi connectivity index (χ4v) is 3.47. The second-order valence-electron chi connectivity index (χ2n) is 4.49. The fourth-order valence-electron chi connectivity index (χ4n) is 1.94. The first-order valence-electron chi connectivity index (χ1n) is 6.41. The highest BCUT2D eigenvalue weighted by Gasteiger charge is 2.11. The molecule has 0 amide bonds. The zero-order valence-corrected chi connectivity index (χ0v) is 13.8. The van der Waals surface area contributed by atoms with E-state index in [9.17, 15) is 0 Å². The Labute approximate surface area is 135 Å². The van der Waals surface area contributed by atoms with E-state index in [4.69, 9.17) is 0 Å². The minimum atomic E-state index is 0.831. The first-order chi connectivity index (χ1) is 10.3. The van der Waals surface area contributed by atoms with Crippen molar-refractivity contribution in [2.45, 2.75) is 10.9 Å². The molecule has 0 N–H and O–H groups in total. The summed E-state index contributed by atoms with van der Waals surface area (Å²) in [6.45, 7) is 0. The van der Waals surface area contributed by atoms with Gasteiger partial charge in [-0.05, 0) is 23.8 Å². The predicted molar refractivity (Wildman–Crippen MR) is 87.9 cm³/mol. The zero-order valence-electron chi connectivity index (χ0n) is 11.4. The Morgan fingerprint density at radius 1 is 1.14 bits per heavy atom. The number of pyridine rings is 1. The van der Waals surface area contributed by atoms with E-state index in [0.29, 0.717) is 0 Å². The molecule has 0 spiro atoms. The molecule has 4 nitrogen and oxygen atoms in total. The first-order valence-corrected chi connectivity index (χ1v) is 8.19. The maximum atomic E-state index is 4.27. The van der Waals surface area contributed by atoms with Crippen LogP contribution in [0.1, 0.15) is 5.56 Å². The van der Waals surface area contributed by atoms with Gasteiger partial charge >= 0.3 is 0 Å². The van der Waals surface area contributed by atoms with Crippen LogP contribution in [-0.4, -0.2) is 19.7 Å². The second-order valence-corrected chi connectivity index (χ2v) is 6.28. The number of benzene rings is 1. The standard InChI is InChI=1S/C15H13BrN4S/c1-20-14(11-6-4-8-17-9-11)18-19-15(20)21-10-12-5-2-3-7-13(12)16/h2-9H,10H2,1H3. The molecule has 0 atom stereocenters. The summed E-state index contributed by atoms with van der Waals surface area (Å²) in [6.07, 6.45) is 3.55. The van der Waals surface area contributed by atoms with E-state index in [1.165, 1.54) is 5.56 Å². The molecule has 3 rings (SSSR count). The second kappa shape index (κ2) is 6.41. The Morgan fingerprint density at radius 3 is 2.76 bits per heavy atom. The minimum absolute atomic E-state index is 0.831. The lowest BCUT2D eigenvalue weighted by Gasteiger charge is -2.05. The molecule has 0 radical (unpaired) electrons. The maximum absolute atomic E-state index is 4.27. The van der Waals surface area contributed by atoms with Crippen molar-refractivity contribution in [2.75, 3.05) is 0 Å². The molecular weight excluding hydrogens is 348 g/mol. The van der Waals surface area contributed by atoms with Crippen LogP contribution in [0.3, 0.4) is 0 Å². The van der Waals surface area contributed by atoms with Crippen molar-refractivity contribution in [3.8, 4) is 11.4 Å². The fraction of sp³-hybridized carbons (Fsp3) is 0.133. The molecule has 0 aliphatic heterocycles. The molecule has 0 unspecified atom stereocenters. The number of hydrogen-bond donors (Lipinski definition) is 0. The third kappa shape index (κ3) is 3.16.